The predicted octanol–water partition coefficient (Wildman–Crippen LogP) is 2.64. The van der Waals surface area contributed by atoms with Gasteiger partial charge in [0.15, 0.2) is 0 Å². The molecule has 0 unspecified atom stereocenters. The molecule has 24 heavy (non-hydrogen) atoms. The Balaban J connectivity index is 1.95. The summed E-state index contributed by atoms with van der Waals surface area (Å²) >= 11 is 5.74. The quantitative estimate of drug-likeness (QED) is 0.802. The molecule has 1 fully saturated rings. The Hall–Kier alpha value is -2.09. The van der Waals surface area contributed by atoms with Crippen molar-refractivity contribution in [1.82, 2.24) is 14.9 Å². The Bertz CT molecular complexity index is 624. The molecule has 0 saturated carbocycles. The summed E-state index contributed by atoms with van der Waals surface area (Å²) in [5.41, 5.74) is -0.561. The van der Waals surface area contributed by atoms with Gasteiger partial charge in [-0.1, -0.05) is 0 Å². The summed E-state index contributed by atoms with van der Waals surface area (Å²) in [7, 11) is 0. The lowest BCUT2D eigenvalue weighted by atomic mass is 10.1. The number of amides is 1. The Kier molecular flexibility index (Phi) is 5.48. The fraction of sp³-hybridized carbons (Fsp3) is 0.600. The number of carbonyl (C=O) groups excluding carboxylic acids is 1. The zero-order chi connectivity index (χ0) is 17.9. The number of aromatic nitrogens is 2. The molecule has 1 aliphatic rings. The van der Waals surface area contributed by atoms with Crippen LogP contribution in [0.2, 0.25) is 5.28 Å². The molecule has 0 atom stereocenters. The average Bonchev–Trinajstić information content (AvgIpc) is 2.46. The molecule has 1 saturated heterocycles. The second kappa shape index (κ2) is 7.21. The fourth-order valence-corrected chi connectivity index (χ4v) is 2.49. The molecule has 0 spiro atoms. The molecule has 132 valence electrons. The van der Waals surface area contributed by atoms with Crippen molar-refractivity contribution in [2.45, 2.75) is 45.3 Å². The van der Waals surface area contributed by atoms with E-state index in [4.69, 9.17) is 16.3 Å². The van der Waals surface area contributed by atoms with Crippen molar-refractivity contribution in [3.05, 3.63) is 17.0 Å². The second-order valence-corrected chi connectivity index (χ2v) is 6.93. The van der Waals surface area contributed by atoms with Crippen LogP contribution in [-0.4, -0.2) is 56.8 Å². The molecular weight excluding hydrogens is 336 g/mol. The number of carboxylic acids is 1. The van der Waals surface area contributed by atoms with Gasteiger partial charge in [-0.3, -0.25) is 0 Å². The van der Waals surface area contributed by atoms with Gasteiger partial charge < -0.3 is 20.1 Å². The van der Waals surface area contributed by atoms with Gasteiger partial charge in [0.2, 0.25) is 5.28 Å². The minimum absolute atomic E-state index is 0.00671. The van der Waals surface area contributed by atoms with E-state index in [0.717, 1.165) is 0 Å². The highest BCUT2D eigenvalue weighted by Gasteiger charge is 2.27. The van der Waals surface area contributed by atoms with E-state index in [1.807, 2.05) is 20.8 Å². The number of aromatic carboxylic acids is 1. The average molecular weight is 357 g/mol. The minimum Gasteiger partial charge on any atom is -0.477 e. The number of likely N-dealkylation sites (tertiary alicyclic amines) is 1. The van der Waals surface area contributed by atoms with Crippen LogP contribution in [-0.2, 0) is 4.74 Å². The molecule has 0 bridgehead atoms. The normalized spacial score (nSPS) is 15.9. The van der Waals surface area contributed by atoms with Crippen LogP contribution in [0.15, 0.2) is 6.20 Å². The number of carbonyl (C=O) groups is 2. The van der Waals surface area contributed by atoms with Crippen LogP contribution in [0, 0.1) is 0 Å². The van der Waals surface area contributed by atoms with E-state index >= 15 is 0 Å². The minimum atomic E-state index is -1.12. The summed E-state index contributed by atoms with van der Waals surface area (Å²) in [5.74, 6) is -0.932. The van der Waals surface area contributed by atoms with Crippen molar-refractivity contribution < 1.29 is 19.4 Å². The summed E-state index contributed by atoms with van der Waals surface area (Å²) < 4.78 is 5.35. The maximum atomic E-state index is 12.0. The van der Waals surface area contributed by atoms with E-state index < -0.39 is 11.6 Å². The smallest absolute Gasteiger partial charge is 0.410 e. The van der Waals surface area contributed by atoms with Crippen LogP contribution in [0.3, 0.4) is 0 Å². The molecule has 1 aromatic rings. The van der Waals surface area contributed by atoms with Crippen molar-refractivity contribution in [1.29, 1.82) is 0 Å². The number of anilines is 1. The highest BCUT2D eigenvalue weighted by molar-refractivity contribution is 6.28. The zero-order valence-electron chi connectivity index (χ0n) is 13.9. The molecule has 2 rings (SSSR count). The Morgan fingerprint density at radius 3 is 2.54 bits per heavy atom. The van der Waals surface area contributed by atoms with Crippen molar-refractivity contribution in [2.75, 3.05) is 18.4 Å². The van der Waals surface area contributed by atoms with Crippen molar-refractivity contribution in [2.24, 2.45) is 0 Å². The van der Waals surface area contributed by atoms with Gasteiger partial charge in [-0.2, -0.15) is 4.98 Å². The lowest BCUT2D eigenvalue weighted by molar-refractivity contribution is 0.0210. The van der Waals surface area contributed by atoms with Gasteiger partial charge in [-0.25, -0.2) is 14.6 Å². The topological polar surface area (TPSA) is 105 Å². The van der Waals surface area contributed by atoms with Gasteiger partial charge in [0.1, 0.15) is 17.0 Å². The number of ether oxygens (including phenoxy) is 1. The number of hydrogen-bond acceptors (Lipinski definition) is 6. The van der Waals surface area contributed by atoms with Crippen molar-refractivity contribution in [3.63, 3.8) is 0 Å². The first-order valence-corrected chi connectivity index (χ1v) is 8.04. The first kappa shape index (κ1) is 18.3. The van der Waals surface area contributed by atoms with Crippen LogP contribution in [0.5, 0.6) is 0 Å². The molecule has 0 aliphatic carbocycles. The molecule has 1 aliphatic heterocycles. The van der Waals surface area contributed by atoms with Crippen LogP contribution in [0.25, 0.3) is 0 Å². The first-order chi connectivity index (χ1) is 11.2. The number of carboxylic acid groups (broad SMARTS) is 1. The molecule has 2 N–H and O–H groups in total. The first-order valence-electron chi connectivity index (χ1n) is 7.66. The van der Waals surface area contributed by atoms with E-state index in [9.17, 15) is 14.7 Å². The highest BCUT2D eigenvalue weighted by atomic mass is 35.5. The maximum Gasteiger partial charge on any atom is 0.410 e. The summed E-state index contributed by atoms with van der Waals surface area (Å²) in [5, 5.41) is 12.2. The number of halogens is 1. The number of piperidine rings is 1. The summed E-state index contributed by atoms with van der Waals surface area (Å²) in [6.07, 6.45) is 2.15. The number of rotatable bonds is 3. The van der Waals surface area contributed by atoms with Gasteiger partial charge in [0, 0.05) is 25.3 Å². The lowest BCUT2D eigenvalue weighted by Crippen LogP contribution is -2.44. The Morgan fingerprint density at radius 1 is 1.38 bits per heavy atom. The van der Waals surface area contributed by atoms with Crippen molar-refractivity contribution >= 4 is 29.5 Å². The third kappa shape index (κ3) is 4.95. The SMILES string of the molecule is CC(C)(C)OC(=O)N1CCC(Nc2nc(Cl)ncc2C(=O)O)CC1. The zero-order valence-corrected chi connectivity index (χ0v) is 14.6. The van der Waals surface area contributed by atoms with Crippen molar-refractivity contribution in [3.8, 4) is 0 Å². The molecule has 1 amide bonds. The monoisotopic (exact) mass is 356 g/mol. The van der Waals surface area contributed by atoms with E-state index in [0.29, 0.717) is 25.9 Å². The van der Waals surface area contributed by atoms with Crippen LogP contribution in [0.1, 0.15) is 44.0 Å². The molecular formula is C15H21ClN4O4. The molecule has 0 aromatic carbocycles. The van der Waals surface area contributed by atoms with Crippen LogP contribution in [0.4, 0.5) is 10.6 Å². The largest absolute Gasteiger partial charge is 0.477 e. The Morgan fingerprint density at radius 2 is 2.00 bits per heavy atom. The van der Waals surface area contributed by atoms with Gasteiger partial charge >= 0.3 is 12.1 Å². The number of hydrogen-bond donors (Lipinski definition) is 2. The highest BCUT2D eigenvalue weighted by Crippen LogP contribution is 2.21. The van der Waals surface area contributed by atoms with Gasteiger partial charge in [-0.15, -0.1) is 0 Å². The summed E-state index contributed by atoms with van der Waals surface area (Å²) in [6.45, 7) is 6.52. The second-order valence-electron chi connectivity index (χ2n) is 6.59. The molecule has 1 aromatic heterocycles. The van der Waals surface area contributed by atoms with E-state index in [-0.39, 0.29) is 28.8 Å². The van der Waals surface area contributed by atoms with E-state index in [1.165, 1.54) is 6.20 Å². The third-order valence-corrected chi connectivity index (χ3v) is 3.66. The number of nitrogens with zero attached hydrogens (tertiary/aromatic N) is 3. The third-order valence-electron chi connectivity index (χ3n) is 3.48. The van der Waals surface area contributed by atoms with Crippen LogP contribution < -0.4 is 5.32 Å². The Labute approximate surface area is 145 Å². The summed E-state index contributed by atoms with van der Waals surface area (Å²) in [4.78, 5) is 32.5. The molecule has 9 heteroatoms. The molecule has 2 heterocycles. The fourth-order valence-electron chi connectivity index (χ4n) is 2.35. The van der Waals surface area contributed by atoms with E-state index in [1.54, 1.807) is 4.90 Å². The lowest BCUT2D eigenvalue weighted by Gasteiger charge is -2.34. The molecule has 8 nitrogen and oxygen atoms in total. The summed E-state index contributed by atoms with van der Waals surface area (Å²) in [6, 6.07) is -0.00671. The number of nitrogens with one attached hydrogen (secondary N) is 1. The maximum absolute atomic E-state index is 12.0. The van der Waals surface area contributed by atoms with Gasteiger partial charge in [0.05, 0.1) is 0 Å². The van der Waals surface area contributed by atoms with Crippen LogP contribution >= 0.6 is 11.6 Å². The van der Waals surface area contributed by atoms with Gasteiger partial charge in [0.25, 0.3) is 0 Å². The standard InChI is InChI=1S/C15H21ClN4O4/c1-15(2,3)24-14(23)20-6-4-9(5-7-20)18-11-10(12(21)22)8-17-13(16)19-11/h8-9H,4-7H2,1-3H3,(H,21,22)(H,17,18,19). The predicted molar refractivity (Wildman–Crippen MR) is 88.5 cm³/mol. The van der Waals surface area contributed by atoms with E-state index in [2.05, 4.69) is 15.3 Å². The van der Waals surface area contributed by atoms with Gasteiger partial charge in [-0.05, 0) is 45.2 Å². The molecule has 0 radical (unpaired) electrons.